The molecule has 4 rings (SSSR count). The van der Waals surface area contributed by atoms with E-state index in [0.717, 1.165) is 39.0 Å². The lowest BCUT2D eigenvalue weighted by atomic mass is 9.78. The highest BCUT2D eigenvalue weighted by molar-refractivity contribution is 7.90. The van der Waals surface area contributed by atoms with Crippen LogP contribution in [-0.4, -0.2) is 57.8 Å². The second-order valence-corrected chi connectivity index (χ2v) is 8.72. The van der Waals surface area contributed by atoms with Gasteiger partial charge in [0.05, 0.1) is 4.90 Å². The molecule has 1 spiro atoms. The molecule has 1 amide bonds. The fraction of sp³-hybridized carbons (Fsp3) is 0.529. The Hall–Kier alpha value is -1.93. The highest BCUT2D eigenvalue weighted by atomic mass is 32.2. The summed E-state index contributed by atoms with van der Waals surface area (Å²) in [5, 5.41) is 3.42. The Bertz CT molecular complexity index is 818. The number of aliphatic imine (C=N–C) groups is 1. The Labute approximate surface area is 147 Å². The molecule has 0 aromatic heterocycles. The molecule has 2 N–H and O–H groups in total. The van der Waals surface area contributed by atoms with Crippen LogP contribution in [0.3, 0.4) is 0 Å². The lowest BCUT2D eigenvalue weighted by molar-refractivity contribution is -0.131. The van der Waals surface area contributed by atoms with E-state index < -0.39 is 10.0 Å². The van der Waals surface area contributed by atoms with Gasteiger partial charge in [0.1, 0.15) is 12.4 Å². The van der Waals surface area contributed by atoms with Crippen molar-refractivity contribution < 1.29 is 13.2 Å². The van der Waals surface area contributed by atoms with E-state index in [1.807, 2.05) is 4.90 Å². The fourth-order valence-corrected chi connectivity index (χ4v) is 5.20. The minimum Gasteiger partial charge on any atom is -0.341 e. The first-order chi connectivity index (χ1) is 12.0. The van der Waals surface area contributed by atoms with Crippen molar-refractivity contribution >= 4 is 21.8 Å². The van der Waals surface area contributed by atoms with Crippen LogP contribution in [0.2, 0.25) is 0 Å². The van der Waals surface area contributed by atoms with Crippen molar-refractivity contribution in [3.05, 3.63) is 29.8 Å². The van der Waals surface area contributed by atoms with E-state index in [0.29, 0.717) is 11.0 Å². The molecular weight excluding hydrogens is 340 g/mol. The molecule has 1 aromatic rings. The molecule has 0 bridgehead atoms. The number of hydrogen-bond acceptors (Lipinski definition) is 5. The van der Waals surface area contributed by atoms with Gasteiger partial charge in [0.15, 0.2) is 0 Å². The van der Waals surface area contributed by atoms with Crippen molar-refractivity contribution in [3.8, 4) is 0 Å². The number of amides is 1. The van der Waals surface area contributed by atoms with E-state index in [4.69, 9.17) is 0 Å². The number of fused-ring (bicyclic) bond motifs is 1. The number of sulfonamides is 1. The molecule has 0 saturated carbocycles. The summed E-state index contributed by atoms with van der Waals surface area (Å²) < 4.78 is 26.6. The Morgan fingerprint density at radius 1 is 1.20 bits per heavy atom. The number of nitrogens with one attached hydrogen (secondary N) is 2. The van der Waals surface area contributed by atoms with Crippen LogP contribution in [-0.2, 0) is 14.8 Å². The number of nitrogens with zero attached hydrogens (tertiary/aromatic N) is 2. The molecule has 2 fully saturated rings. The fourth-order valence-electron chi connectivity index (χ4n) is 3.95. The Morgan fingerprint density at radius 2 is 1.96 bits per heavy atom. The van der Waals surface area contributed by atoms with Crippen LogP contribution in [0.5, 0.6) is 0 Å². The second-order valence-electron chi connectivity index (χ2n) is 7.07. The number of piperidine rings is 1. The highest BCUT2D eigenvalue weighted by Gasteiger charge is 2.38. The summed E-state index contributed by atoms with van der Waals surface area (Å²) in [6, 6.07) is 6.68. The summed E-state index contributed by atoms with van der Waals surface area (Å²) >= 11 is 0. The summed E-state index contributed by atoms with van der Waals surface area (Å²) in [7, 11) is -3.56. The Morgan fingerprint density at radius 3 is 2.68 bits per heavy atom. The SMILES string of the molecule is O=C(CN=C1NS(=O)(=O)c2ccccc21)N1CCC2(CCNC2)CC1. The average molecular weight is 362 g/mol. The molecule has 0 aliphatic carbocycles. The lowest BCUT2D eigenvalue weighted by Gasteiger charge is -2.38. The first-order valence-corrected chi connectivity index (χ1v) is 10.1. The van der Waals surface area contributed by atoms with Crippen molar-refractivity contribution in [2.75, 3.05) is 32.7 Å². The van der Waals surface area contributed by atoms with E-state index in [9.17, 15) is 13.2 Å². The molecule has 8 heteroatoms. The van der Waals surface area contributed by atoms with Crippen molar-refractivity contribution in [2.45, 2.75) is 24.2 Å². The van der Waals surface area contributed by atoms with E-state index >= 15 is 0 Å². The van der Waals surface area contributed by atoms with Crippen molar-refractivity contribution in [1.29, 1.82) is 0 Å². The van der Waals surface area contributed by atoms with Gasteiger partial charge in [-0.05, 0) is 43.4 Å². The maximum absolute atomic E-state index is 12.5. The number of rotatable bonds is 2. The molecule has 7 nitrogen and oxygen atoms in total. The normalized spacial score (nSPS) is 25.1. The van der Waals surface area contributed by atoms with Gasteiger partial charge in [-0.15, -0.1) is 0 Å². The molecule has 1 aromatic carbocycles. The van der Waals surface area contributed by atoms with Gasteiger partial charge in [-0.3, -0.25) is 14.5 Å². The molecular formula is C17H22N4O3S. The van der Waals surface area contributed by atoms with Gasteiger partial charge in [-0.2, -0.15) is 0 Å². The van der Waals surface area contributed by atoms with Crippen molar-refractivity contribution in [3.63, 3.8) is 0 Å². The Kier molecular flexibility index (Phi) is 4.04. The molecule has 25 heavy (non-hydrogen) atoms. The third kappa shape index (κ3) is 3.04. The van der Waals surface area contributed by atoms with Gasteiger partial charge in [0, 0.05) is 25.2 Å². The topological polar surface area (TPSA) is 90.9 Å². The van der Waals surface area contributed by atoms with Crippen LogP contribution < -0.4 is 10.0 Å². The van der Waals surface area contributed by atoms with Crippen molar-refractivity contribution in [1.82, 2.24) is 14.9 Å². The number of carbonyl (C=O) groups is 1. The third-order valence-corrected chi connectivity index (χ3v) is 6.94. The van der Waals surface area contributed by atoms with Gasteiger partial charge in [0.2, 0.25) is 5.91 Å². The maximum atomic E-state index is 12.5. The minimum absolute atomic E-state index is 0.0303. The predicted molar refractivity (Wildman–Crippen MR) is 93.9 cm³/mol. The minimum atomic E-state index is -3.56. The molecule has 0 atom stereocenters. The Balaban J connectivity index is 1.42. The van der Waals surface area contributed by atoms with Gasteiger partial charge in [-0.1, -0.05) is 12.1 Å². The molecule has 3 heterocycles. The summed E-state index contributed by atoms with van der Waals surface area (Å²) in [5.41, 5.74) is 0.896. The summed E-state index contributed by atoms with van der Waals surface area (Å²) in [5.74, 6) is 0.217. The van der Waals surface area contributed by atoms with Crippen molar-refractivity contribution in [2.24, 2.45) is 10.4 Å². The first kappa shape index (κ1) is 16.5. The quantitative estimate of drug-likeness (QED) is 0.793. The van der Waals surface area contributed by atoms with E-state index in [-0.39, 0.29) is 23.2 Å². The first-order valence-electron chi connectivity index (χ1n) is 8.64. The predicted octanol–water partition coefficient (Wildman–Crippen LogP) is 0.327. The van der Waals surface area contributed by atoms with Crippen LogP contribution in [0, 0.1) is 5.41 Å². The highest BCUT2D eigenvalue weighted by Crippen LogP contribution is 2.36. The number of benzene rings is 1. The largest absolute Gasteiger partial charge is 0.341 e. The van der Waals surface area contributed by atoms with Crippen LogP contribution in [0.25, 0.3) is 0 Å². The number of amidine groups is 1. The zero-order valence-corrected chi connectivity index (χ0v) is 14.8. The molecule has 0 unspecified atom stereocenters. The molecule has 0 radical (unpaired) electrons. The maximum Gasteiger partial charge on any atom is 0.263 e. The van der Waals surface area contributed by atoms with Crippen LogP contribution >= 0.6 is 0 Å². The summed E-state index contributed by atoms with van der Waals surface area (Å²) in [4.78, 5) is 18.8. The van der Waals surface area contributed by atoms with Crippen LogP contribution in [0.15, 0.2) is 34.2 Å². The van der Waals surface area contributed by atoms with Crippen LogP contribution in [0.1, 0.15) is 24.8 Å². The van der Waals surface area contributed by atoms with E-state index in [1.165, 1.54) is 6.42 Å². The second kappa shape index (κ2) is 6.10. The number of carbonyl (C=O) groups excluding carboxylic acids is 1. The zero-order valence-electron chi connectivity index (χ0n) is 14.0. The monoisotopic (exact) mass is 362 g/mol. The van der Waals surface area contributed by atoms with Gasteiger partial charge in [-0.25, -0.2) is 8.42 Å². The smallest absolute Gasteiger partial charge is 0.263 e. The average Bonchev–Trinajstić information content (AvgIpc) is 3.17. The molecule has 134 valence electrons. The molecule has 3 aliphatic heterocycles. The van der Waals surface area contributed by atoms with Gasteiger partial charge in [0.25, 0.3) is 10.0 Å². The summed E-state index contributed by atoms with van der Waals surface area (Å²) in [6.45, 7) is 3.61. The van der Waals surface area contributed by atoms with E-state index in [1.54, 1.807) is 24.3 Å². The number of likely N-dealkylation sites (tertiary alicyclic amines) is 1. The van der Waals surface area contributed by atoms with Crippen LogP contribution in [0.4, 0.5) is 0 Å². The zero-order chi connectivity index (χ0) is 17.5. The molecule has 2 saturated heterocycles. The lowest BCUT2D eigenvalue weighted by Crippen LogP contribution is -2.45. The standard InChI is InChI=1S/C17H22N4O3S/c22-15(21-9-6-17(7-10-21)5-8-18-12-17)11-19-16-13-3-1-2-4-14(13)25(23,24)20-16/h1-4,18H,5-12H2,(H,19,20). The van der Waals surface area contributed by atoms with Gasteiger partial charge < -0.3 is 10.2 Å². The van der Waals surface area contributed by atoms with Gasteiger partial charge >= 0.3 is 0 Å². The van der Waals surface area contributed by atoms with E-state index in [2.05, 4.69) is 15.0 Å². The third-order valence-electron chi connectivity index (χ3n) is 5.54. The molecule has 3 aliphatic rings. The number of hydrogen-bond donors (Lipinski definition) is 2. The summed E-state index contributed by atoms with van der Waals surface area (Å²) in [6.07, 6.45) is 3.24.